The highest BCUT2D eigenvalue weighted by atomic mass is 14.1. The summed E-state index contributed by atoms with van der Waals surface area (Å²) < 4.78 is 0. The maximum Gasteiger partial charge on any atom is -0.0193 e. The third-order valence-corrected chi connectivity index (χ3v) is 2.27. The molecule has 72 valence electrons. The van der Waals surface area contributed by atoms with Gasteiger partial charge in [-0.05, 0) is 29.6 Å². The van der Waals surface area contributed by atoms with E-state index in [2.05, 4.69) is 38.0 Å². The first-order valence-electron chi connectivity index (χ1n) is 4.80. The molecule has 0 spiro atoms. The van der Waals surface area contributed by atoms with Crippen molar-refractivity contribution in [2.75, 3.05) is 0 Å². The molecule has 0 heterocycles. The van der Waals surface area contributed by atoms with Gasteiger partial charge in [0, 0.05) is 0 Å². The lowest BCUT2D eigenvalue weighted by molar-refractivity contribution is 0.975. The van der Waals surface area contributed by atoms with Crippen LogP contribution in [0.5, 0.6) is 0 Å². The summed E-state index contributed by atoms with van der Waals surface area (Å²) >= 11 is 0. The molecule has 0 nitrogen and oxygen atoms in total. The zero-order valence-corrected chi connectivity index (χ0v) is 8.50. The monoisotopic (exact) mass is 184 g/mol. The fraction of sp³-hybridized carbons (Fsp3) is 0.143. The maximum atomic E-state index is 4.08. The molecule has 0 aromatic heterocycles. The highest BCUT2D eigenvalue weighted by molar-refractivity contribution is 5.52. The van der Waals surface area contributed by atoms with Crippen molar-refractivity contribution in [2.45, 2.75) is 12.8 Å². The third kappa shape index (κ3) is 2.46. The first-order valence-corrected chi connectivity index (χ1v) is 4.80. The molecule has 1 rings (SSSR count). The summed E-state index contributed by atoms with van der Waals surface area (Å²) in [7, 11) is 0. The van der Waals surface area contributed by atoms with Crippen LogP contribution in [0.15, 0.2) is 72.9 Å². The molecular formula is C14H16. The van der Waals surface area contributed by atoms with E-state index in [0.29, 0.717) is 0 Å². The summed E-state index contributed by atoms with van der Waals surface area (Å²) in [4.78, 5) is 0. The van der Waals surface area contributed by atoms with Gasteiger partial charge in [0.1, 0.15) is 0 Å². The zero-order chi connectivity index (χ0) is 10.4. The molecule has 0 bridgehead atoms. The van der Waals surface area contributed by atoms with E-state index in [-0.39, 0.29) is 0 Å². The van der Waals surface area contributed by atoms with Gasteiger partial charge in [0.2, 0.25) is 0 Å². The van der Waals surface area contributed by atoms with Gasteiger partial charge in [-0.1, -0.05) is 56.2 Å². The van der Waals surface area contributed by atoms with Gasteiger partial charge in [-0.2, -0.15) is 0 Å². The molecule has 1 aliphatic carbocycles. The molecular weight excluding hydrogens is 168 g/mol. The first-order chi connectivity index (χ1) is 6.79. The number of rotatable bonds is 4. The van der Waals surface area contributed by atoms with E-state index < -0.39 is 0 Å². The van der Waals surface area contributed by atoms with E-state index in [1.54, 1.807) is 6.08 Å². The van der Waals surface area contributed by atoms with Crippen LogP contribution in [-0.4, -0.2) is 0 Å². The highest BCUT2D eigenvalue weighted by Crippen LogP contribution is 2.25. The molecule has 0 aliphatic heterocycles. The average molecular weight is 184 g/mol. The van der Waals surface area contributed by atoms with Gasteiger partial charge in [0.05, 0.1) is 0 Å². The van der Waals surface area contributed by atoms with Crippen molar-refractivity contribution in [3.05, 3.63) is 72.9 Å². The van der Waals surface area contributed by atoms with Crippen LogP contribution in [0.2, 0.25) is 0 Å². The van der Waals surface area contributed by atoms with Gasteiger partial charge in [0.15, 0.2) is 0 Å². The minimum absolute atomic E-state index is 1.06. The average Bonchev–Trinajstić information content (AvgIpc) is 2.26. The minimum Gasteiger partial charge on any atom is -0.0990 e. The molecule has 0 fully saturated rings. The van der Waals surface area contributed by atoms with E-state index >= 15 is 0 Å². The summed E-state index contributed by atoms with van der Waals surface area (Å²) in [5.74, 6) is 0. The van der Waals surface area contributed by atoms with Crippen molar-refractivity contribution in [3.63, 3.8) is 0 Å². The quantitative estimate of drug-likeness (QED) is 0.576. The van der Waals surface area contributed by atoms with E-state index in [9.17, 15) is 0 Å². The highest BCUT2D eigenvalue weighted by Gasteiger charge is 2.05. The Labute approximate surface area is 86.3 Å². The minimum atomic E-state index is 1.06. The molecule has 0 amide bonds. The summed E-state index contributed by atoms with van der Waals surface area (Å²) in [5, 5.41) is 0. The van der Waals surface area contributed by atoms with Crippen molar-refractivity contribution < 1.29 is 0 Å². The Morgan fingerprint density at radius 1 is 1.36 bits per heavy atom. The van der Waals surface area contributed by atoms with Crippen LogP contribution >= 0.6 is 0 Å². The van der Waals surface area contributed by atoms with Crippen LogP contribution in [0.1, 0.15) is 12.8 Å². The lowest BCUT2D eigenvalue weighted by Crippen LogP contribution is -1.93. The van der Waals surface area contributed by atoms with Gasteiger partial charge in [-0.15, -0.1) is 0 Å². The van der Waals surface area contributed by atoms with Crippen molar-refractivity contribution in [2.24, 2.45) is 0 Å². The van der Waals surface area contributed by atoms with Gasteiger partial charge in [-0.25, -0.2) is 0 Å². The second kappa shape index (κ2) is 5.23. The van der Waals surface area contributed by atoms with Gasteiger partial charge in [0.25, 0.3) is 0 Å². The molecule has 0 heteroatoms. The van der Waals surface area contributed by atoms with Gasteiger partial charge < -0.3 is 0 Å². The predicted octanol–water partition coefficient (Wildman–Crippen LogP) is 4.12. The Balaban J connectivity index is 2.87. The Hall–Kier alpha value is -1.56. The Morgan fingerprint density at radius 3 is 2.64 bits per heavy atom. The second-order valence-electron chi connectivity index (χ2n) is 3.20. The second-order valence-corrected chi connectivity index (χ2v) is 3.20. The summed E-state index contributed by atoms with van der Waals surface area (Å²) in [5.41, 5.74) is 3.41. The van der Waals surface area contributed by atoms with Crippen LogP contribution in [0.3, 0.4) is 0 Å². The Kier molecular flexibility index (Phi) is 3.93. The van der Waals surface area contributed by atoms with Crippen LogP contribution in [0.25, 0.3) is 0 Å². The van der Waals surface area contributed by atoms with Crippen molar-refractivity contribution in [3.8, 4) is 0 Å². The Morgan fingerprint density at radius 2 is 2.14 bits per heavy atom. The topological polar surface area (TPSA) is 0 Å². The van der Waals surface area contributed by atoms with E-state index in [1.165, 1.54) is 5.57 Å². The predicted molar refractivity (Wildman–Crippen MR) is 64.1 cm³/mol. The molecule has 0 aromatic rings. The van der Waals surface area contributed by atoms with Crippen LogP contribution in [0.4, 0.5) is 0 Å². The molecule has 0 N–H and O–H groups in total. The van der Waals surface area contributed by atoms with Crippen LogP contribution in [0, 0.1) is 0 Å². The molecule has 0 saturated carbocycles. The standard InChI is InChI=1S/C14H16/c1-4-9-13(5-2)12(3)14-10-7-6-8-11-14/h4-7,9-10H,1-3,8,11H2/b13-9+. The number of hydrogen-bond acceptors (Lipinski definition) is 0. The van der Waals surface area contributed by atoms with Gasteiger partial charge in [-0.3, -0.25) is 0 Å². The lowest BCUT2D eigenvalue weighted by atomic mass is 9.93. The molecule has 1 aliphatic rings. The third-order valence-electron chi connectivity index (χ3n) is 2.27. The maximum absolute atomic E-state index is 4.08. The molecule has 0 aromatic carbocycles. The largest absolute Gasteiger partial charge is 0.0990 e. The number of allylic oxidation sites excluding steroid dienone is 9. The van der Waals surface area contributed by atoms with E-state index in [0.717, 1.165) is 24.0 Å². The smallest absolute Gasteiger partial charge is 0.0193 e. The van der Waals surface area contributed by atoms with Crippen molar-refractivity contribution in [1.82, 2.24) is 0 Å². The summed E-state index contributed by atoms with van der Waals surface area (Å²) in [6.07, 6.45) is 14.1. The fourth-order valence-corrected chi connectivity index (χ4v) is 1.46. The van der Waals surface area contributed by atoms with Crippen molar-refractivity contribution >= 4 is 0 Å². The zero-order valence-electron chi connectivity index (χ0n) is 8.50. The van der Waals surface area contributed by atoms with Crippen LogP contribution in [-0.2, 0) is 0 Å². The lowest BCUT2D eigenvalue weighted by Gasteiger charge is -2.12. The van der Waals surface area contributed by atoms with Crippen LogP contribution < -0.4 is 0 Å². The Bertz CT molecular complexity index is 335. The molecule has 0 radical (unpaired) electrons. The summed E-state index contributed by atoms with van der Waals surface area (Å²) in [6.45, 7) is 11.5. The first kappa shape index (κ1) is 10.5. The molecule has 14 heavy (non-hydrogen) atoms. The number of hydrogen-bond donors (Lipinski definition) is 0. The van der Waals surface area contributed by atoms with Crippen molar-refractivity contribution in [1.29, 1.82) is 0 Å². The van der Waals surface area contributed by atoms with Gasteiger partial charge >= 0.3 is 0 Å². The normalized spacial score (nSPS) is 16.0. The fourth-order valence-electron chi connectivity index (χ4n) is 1.46. The molecule has 0 atom stereocenters. The van der Waals surface area contributed by atoms with E-state index in [4.69, 9.17) is 0 Å². The van der Waals surface area contributed by atoms with E-state index in [1.807, 2.05) is 12.2 Å². The molecule has 0 saturated heterocycles. The molecule has 0 unspecified atom stereocenters. The SMILES string of the molecule is C=C/C=C(\C=C)C(=C)C1=CC=CCC1. The summed E-state index contributed by atoms with van der Waals surface area (Å²) in [6, 6.07) is 0.